The molecule has 156 valence electrons. The highest BCUT2D eigenvalue weighted by Gasteiger charge is 1.91. The van der Waals surface area contributed by atoms with Crippen molar-refractivity contribution in [3.8, 4) is 0 Å². The van der Waals surface area contributed by atoms with Crippen molar-refractivity contribution in [2.24, 2.45) is 0 Å². The van der Waals surface area contributed by atoms with Gasteiger partial charge in [0.1, 0.15) is 0 Å². The molecule has 0 fully saturated rings. The van der Waals surface area contributed by atoms with Crippen LogP contribution in [0.25, 0.3) is 0 Å². The molecule has 0 saturated heterocycles. The van der Waals surface area contributed by atoms with E-state index in [4.69, 9.17) is 34.6 Å². The van der Waals surface area contributed by atoms with Gasteiger partial charge in [0, 0.05) is 11.1 Å². The topological polar surface area (TPSA) is 143 Å². The molecule has 0 bridgehead atoms. The number of aliphatic hydroxyl groups is 2. The fourth-order valence-electron chi connectivity index (χ4n) is 0.671. The van der Waals surface area contributed by atoms with Crippen molar-refractivity contribution in [2.45, 2.75) is 13.8 Å². The van der Waals surface area contributed by atoms with Crippen molar-refractivity contribution in [1.29, 1.82) is 0 Å². The summed E-state index contributed by atoms with van der Waals surface area (Å²) in [6, 6.07) is 0. The van der Waals surface area contributed by atoms with Crippen LogP contribution >= 0.6 is 13.5 Å². The van der Waals surface area contributed by atoms with Crippen molar-refractivity contribution in [3.63, 3.8) is 0 Å². The summed E-state index contributed by atoms with van der Waals surface area (Å²) in [6.07, 6.45) is 0. The molecule has 0 saturated carbocycles. The number of carbonyl (C=O) groups is 2. The quantitative estimate of drug-likeness (QED) is 0.271. The number of aliphatic hydroxyl groups excluding tert-OH is 2. The smallest absolute Gasteiger partial charge is 0.330 e. The number of hydrogen-bond acceptors (Lipinski definition) is 7. The summed E-state index contributed by atoms with van der Waals surface area (Å²) in [5, 5.41) is 32.5. The van der Waals surface area contributed by atoms with Gasteiger partial charge in [-0.1, -0.05) is 13.2 Å². The summed E-state index contributed by atoms with van der Waals surface area (Å²) >= 11 is 0. The van der Waals surface area contributed by atoms with E-state index < -0.39 is 11.9 Å². The Morgan fingerprint density at radius 3 is 1.04 bits per heavy atom. The van der Waals surface area contributed by atoms with Crippen molar-refractivity contribution in [1.82, 2.24) is 0 Å². The van der Waals surface area contributed by atoms with Crippen molar-refractivity contribution in [2.75, 3.05) is 52.9 Å². The fourth-order valence-corrected chi connectivity index (χ4v) is 0.671. The molecule has 0 aliphatic heterocycles. The molecule has 0 aromatic heterocycles. The van der Waals surface area contributed by atoms with Gasteiger partial charge in [0.25, 0.3) is 0 Å². The summed E-state index contributed by atoms with van der Waals surface area (Å²) in [4.78, 5) is 19.2. The Balaban J connectivity index is -0.000000157. The summed E-state index contributed by atoms with van der Waals surface area (Å²) in [6.45, 7) is 12.0. The van der Waals surface area contributed by atoms with Gasteiger partial charge in [-0.15, -0.1) is 0 Å². The van der Waals surface area contributed by atoms with E-state index in [-0.39, 0.29) is 37.9 Å². The number of hydrogen-bond donors (Lipinski definition) is 4. The van der Waals surface area contributed by atoms with Gasteiger partial charge in [-0.25, -0.2) is 9.59 Å². The maximum Gasteiger partial charge on any atom is 0.330 e. The summed E-state index contributed by atoms with van der Waals surface area (Å²) in [7, 11) is 0. The second-order valence-electron chi connectivity index (χ2n) is 4.46. The lowest BCUT2D eigenvalue weighted by Crippen LogP contribution is -2.11. The minimum atomic E-state index is -0.935. The van der Waals surface area contributed by atoms with E-state index in [2.05, 4.69) is 13.2 Å². The third-order valence-corrected chi connectivity index (χ3v) is 1.95. The molecule has 0 aliphatic rings. The van der Waals surface area contributed by atoms with E-state index in [9.17, 15) is 9.59 Å². The lowest BCUT2D eigenvalue weighted by molar-refractivity contribution is -0.133. The van der Waals surface area contributed by atoms with Crippen LogP contribution in [0, 0.1) is 0 Å². The van der Waals surface area contributed by atoms with Crippen LogP contribution in [0.1, 0.15) is 13.8 Å². The molecule has 0 amide bonds. The molecule has 9 nitrogen and oxygen atoms in total. The molecule has 26 heavy (non-hydrogen) atoms. The predicted octanol–water partition coefficient (Wildman–Crippen LogP) is 0.428. The molecule has 0 aromatic rings. The van der Waals surface area contributed by atoms with Crippen LogP contribution in [0.15, 0.2) is 24.3 Å². The average Bonchev–Trinajstić information content (AvgIpc) is 2.54. The molecule has 0 radical (unpaired) electrons. The molecular formula is C16H32O9S. The van der Waals surface area contributed by atoms with E-state index in [0.717, 1.165) is 0 Å². The first kappa shape index (κ1) is 32.3. The SMILES string of the molecule is C=C(C)C(=O)O.C=C(C)C(=O)O.OCCOCCOCCOCCO.S. The Kier molecular flexibility index (Phi) is 32.0. The van der Waals surface area contributed by atoms with Crippen LogP contribution in [0.3, 0.4) is 0 Å². The molecule has 4 N–H and O–H groups in total. The first-order chi connectivity index (χ1) is 11.7. The van der Waals surface area contributed by atoms with Crippen molar-refractivity contribution < 1.29 is 44.2 Å². The first-order valence-electron chi connectivity index (χ1n) is 7.43. The van der Waals surface area contributed by atoms with Crippen molar-refractivity contribution >= 4 is 25.4 Å². The van der Waals surface area contributed by atoms with E-state index in [1.807, 2.05) is 0 Å². The van der Waals surface area contributed by atoms with Gasteiger partial charge in [0.05, 0.1) is 52.9 Å². The number of rotatable bonds is 12. The molecule has 10 heteroatoms. The Labute approximate surface area is 161 Å². The lowest BCUT2D eigenvalue weighted by atomic mass is 10.4. The minimum absolute atomic E-state index is 0. The van der Waals surface area contributed by atoms with Crippen LogP contribution < -0.4 is 0 Å². The highest BCUT2D eigenvalue weighted by Crippen LogP contribution is 1.82. The van der Waals surface area contributed by atoms with Gasteiger partial charge in [-0.05, 0) is 13.8 Å². The molecule has 0 unspecified atom stereocenters. The second-order valence-corrected chi connectivity index (χ2v) is 4.46. The summed E-state index contributed by atoms with van der Waals surface area (Å²) in [5.41, 5.74) is 0.352. The maximum atomic E-state index is 9.60. The monoisotopic (exact) mass is 400 g/mol. The van der Waals surface area contributed by atoms with E-state index in [1.54, 1.807) is 0 Å². The number of carboxylic acids is 2. The van der Waals surface area contributed by atoms with Gasteiger partial charge in [-0.2, -0.15) is 13.5 Å². The molecular weight excluding hydrogens is 368 g/mol. The van der Waals surface area contributed by atoms with Crippen LogP contribution in [0.2, 0.25) is 0 Å². The van der Waals surface area contributed by atoms with E-state index in [0.29, 0.717) is 39.6 Å². The summed E-state index contributed by atoms with van der Waals surface area (Å²) in [5.74, 6) is -1.87. The minimum Gasteiger partial charge on any atom is -0.478 e. The Bertz CT molecular complexity index is 315. The lowest BCUT2D eigenvalue weighted by Gasteiger charge is -2.04. The Morgan fingerprint density at radius 2 is 0.885 bits per heavy atom. The van der Waals surface area contributed by atoms with E-state index >= 15 is 0 Å². The Morgan fingerprint density at radius 1 is 0.692 bits per heavy atom. The third kappa shape index (κ3) is 38.2. The van der Waals surface area contributed by atoms with Gasteiger partial charge >= 0.3 is 11.9 Å². The maximum absolute atomic E-state index is 9.60. The molecule has 0 spiro atoms. The van der Waals surface area contributed by atoms with Gasteiger partial charge in [0.2, 0.25) is 0 Å². The molecule has 0 aliphatic carbocycles. The molecule has 0 aromatic carbocycles. The van der Waals surface area contributed by atoms with Gasteiger partial charge in [-0.3, -0.25) is 0 Å². The molecule has 0 atom stereocenters. The highest BCUT2D eigenvalue weighted by molar-refractivity contribution is 7.59. The van der Waals surface area contributed by atoms with Crippen LogP contribution in [0.4, 0.5) is 0 Å². The van der Waals surface area contributed by atoms with Crippen molar-refractivity contribution in [3.05, 3.63) is 24.3 Å². The van der Waals surface area contributed by atoms with Crippen LogP contribution in [-0.4, -0.2) is 85.2 Å². The third-order valence-electron chi connectivity index (χ3n) is 1.95. The highest BCUT2D eigenvalue weighted by atomic mass is 32.1. The Hall–Kier alpha value is -1.43. The summed E-state index contributed by atoms with van der Waals surface area (Å²) < 4.78 is 15.0. The standard InChI is InChI=1S/C8H18O5.2C4H6O2.H2S/c9-1-3-11-5-7-13-8-6-12-4-2-10;2*1-3(2)4(5)6;/h9-10H,1-8H2;2*1H2,2H3,(H,5,6);1H2. The predicted molar refractivity (Wildman–Crippen MR) is 102 cm³/mol. The number of carboxylic acid groups (broad SMARTS) is 2. The molecule has 0 heterocycles. The average molecular weight is 400 g/mol. The zero-order valence-electron chi connectivity index (χ0n) is 15.4. The molecule has 0 rings (SSSR count). The normalized spacial score (nSPS) is 8.77. The van der Waals surface area contributed by atoms with Crippen LogP contribution in [-0.2, 0) is 23.8 Å². The van der Waals surface area contributed by atoms with Gasteiger partial charge in [0.15, 0.2) is 0 Å². The largest absolute Gasteiger partial charge is 0.478 e. The zero-order valence-corrected chi connectivity index (χ0v) is 16.4. The van der Waals surface area contributed by atoms with E-state index in [1.165, 1.54) is 13.8 Å². The number of aliphatic carboxylic acids is 2. The van der Waals surface area contributed by atoms with Crippen LogP contribution in [0.5, 0.6) is 0 Å². The number of ether oxygens (including phenoxy) is 3. The second kappa shape index (κ2) is 25.8. The first-order valence-corrected chi connectivity index (χ1v) is 7.43. The fraction of sp³-hybridized carbons (Fsp3) is 0.625. The van der Waals surface area contributed by atoms with Gasteiger partial charge < -0.3 is 34.6 Å². The zero-order chi connectivity index (χ0) is 20.1.